The van der Waals surface area contributed by atoms with E-state index < -0.39 is 31.9 Å². The van der Waals surface area contributed by atoms with E-state index in [4.69, 9.17) is 18.9 Å². The number of pyridine rings is 2. The maximum atomic E-state index is 13.4. The summed E-state index contributed by atoms with van der Waals surface area (Å²) in [6.07, 6.45) is 1.95. The van der Waals surface area contributed by atoms with E-state index in [0.29, 0.717) is 31.6 Å². The average Bonchev–Trinajstić information content (AvgIpc) is 3.55. The van der Waals surface area contributed by atoms with Gasteiger partial charge in [0.05, 0.1) is 11.7 Å². The summed E-state index contributed by atoms with van der Waals surface area (Å²) in [5.74, 6) is 0.120. The quantitative estimate of drug-likeness (QED) is 0.335. The second kappa shape index (κ2) is 9.59. The standard InChI is InChI=1S/C32H43F3N2O3Si/c1-19(2)27-25-26(24-21(37-27)16-30(10-11-30)17-22(24)40-41(6,7)29(3,4)5)31(12-14-38-15-13-31)39-28(25)20-8-9-23(36-18-20)32(33,34)35/h8-9,18-19,22,28H,10-17H2,1-7H3. The third kappa shape index (κ3) is 4.98. The van der Waals surface area contributed by atoms with Crippen LogP contribution in [0.15, 0.2) is 18.3 Å². The number of rotatable bonds is 4. The van der Waals surface area contributed by atoms with Crippen LogP contribution in [0.3, 0.4) is 0 Å². The Hall–Kier alpha value is -1.81. The minimum atomic E-state index is -4.49. The van der Waals surface area contributed by atoms with Gasteiger partial charge >= 0.3 is 6.18 Å². The highest BCUT2D eigenvalue weighted by molar-refractivity contribution is 6.74. The molecule has 1 saturated heterocycles. The topological polar surface area (TPSA) is 53.5 Å². The average molecular weight is 589 g/mol. The molecule has 2 aromatic rings. The van der Waals surface area contributed by atoms with Crippen LogP contribution in [0.4, 0.5) is 13.2 Å². The van der Waals surface area contributed by atoms with Gasteiger partial charge in [-0.2, -0.15) is 13.2 Å². The van der Waals surface area contributed by atoms with Gasteiger partial charge in [0.1, 0.15) is 11.8 Å². The molecule has 4 heterocycles. The molecule has 0 amide bonds. The van der Waals surface area contributed by atoms with Crippen molar-refractivity contribution >= 4 is 8.32 Å². The van der Waals surface area contributed by atoms with Crippen molar-refractivity contribution in [3.05, 3.63) is 57.7 Å². The summed E-state index contributed by atoms with van der Waals surface area (Å²) in [7, 11) is -2.14. The van der Waals surface area contributed by atoms with Crippen molar-refractivity contribution in [3.63, 3.8) is 0 Å². The number of hydrogen-bond donors (Lipinski definition) is 0. The highest BCUT2D eigenvalue weighted by atomic mass is 28.4. The van der Waals surface area contributed by atoms with Crippen LogP contribution in [0, 0.1) is 5.41 Å². The summed E-state index contributed by atoms with van der Waals surface area (Å²) in [5, 5.41) is 0.0527. The number of hydrogen-bond acceptors (Lipinski definition) is 5. The summed E-state index contributed by atoms with van der Waals surface area (Å²) < 4.78 is 60.3. The number of halogens is 3. The molecule has 0 radical (unpaired) electrons. The Morgan fingerprint density at radius 3 is 2.24 bits per heavy atom. The fraction of sp³-hybridized carbons (Fsp3) is 0.688. The van der Waals surface area contributed by atoms with Crippen LogP contribution in [0.2, 0.25) is 18.1 Å². The number of fused-ring (bicyclic) bond motifs is 4. The molecule has 9 heteroatoms. The largest absolute Gasteiger partial charge is 0.433 e. The molecule has 2 fully saturated rings. The zero-order chi connectivity index (χ0) is 29.6. The van der Waals surface area contributed by atoms with Gasteiger partial charge in [-0.15, -0.1) is 0 Å². The molecule has 224 valence electrons. The monoisotopic (exact) mass is 588 g/mol. The molecule has 0 aromatic carbocycles. The van der Waals surface area contributed by atoms with E-state index in [1.54, 1.807) is 0 Å². The van der Waals surface area contributed by atoms with E-state index in [2.05, 4.69) is 52.7 Å². The lowest BCUT2D eigenvalue weighted by Gasteiger charge is -2.44. The Morgan fingerprint density at radius 1 is 1.02 bits per heavy atom. The molecule has 41 heavy (non-hydrogen) atoms. The summed E-state index contributed by atoms with van der Waals surface area (Å²) in [6.45, 7) is 16.9. The van der Waals surface area contributed by atoms with Crippen LogP contribution in [0.25, 0.3) is 0 Å². The summed E-state index contributed by atoms with van der Waals surface area (Å²) in [5.41, 5.74) is 4.90. The predicted octanol–water partition coefficient (Wildman–Crippen LogP) is 8.53. The number of nitrogens with zero attached hydrogens (tertiary/aromatic N) is 2. The van der Waals surface area contributed by atoms with Gasteiger partial charge in [0.15, 0.2) is 8.32 Å². The van der Waals surface area contributed by atoms with Crippen molar-refractivity contribution in [1.82, 2.24) is 9.97 Å². The normalized spacial score (nSPS) is 25.0. The smallest absolute Gasteiger partial charge is 0.410 e. The Morgan fingerprint density at radius 2 is 1.71 bits per heavy atom. The molecule has 4 aliphatic rings. The van der Waals surface area contributed by atoms with Gasteiger partial charge in [0, 0.05) is 60.3 Å². The lowest BCUT2D eigenvalue weighted by Crippen LogP contribution is -2.44. The van der Waals surface area contributed by atoms with Crippen molar-refractivity contribution in [1.29, 1.82) is 0 Å². The number of aromatic nitrogens is 2. The Kier molecular flexibility index (Phi) is 6.85. The molecular weight excluding hydrogens is 545 g/mol. The van der Waals surface area contributed by atoms with Crippen molar-refractivity contribution in [2.24, 2.45) is 5.41 Å². The lowest BCUT2D eigenvalue weighted by molar-refractivity contribution is -0.141. The molecule has 2 aliphatic carbocycles. The minimum absolute atomic E-state index is 0.0527. The van der Waals surface area contributed by atoms with Gasteiger partial charge in [-0.25, -0.2) is 0 Å². The third-order valence-corrected chi connectivity index (χ3v) is 14.8. The first-order valence-corrected chi connectivity index (χ1v) is 18.0. The van der Waals surface area contributed by atoms with Crippen LogP contribution in [0.5, 0.6) is 0 Å². The summed E-state index contributed by atoms with van der Waals surface area (Å²) in [4.78, 5) is 9.21. The molecule has 2 aromatic heterocycles. The zero-order valence-corrected chi connectivity index (χ0v) is 26.4. The molecule has 2 atom stereocenters. The molecule has 5 nitrogen and oxygen atoms in total. The summed E-state index contributed by atoms with van der Waals surface area (Å²) >= 11 is 0. The van der Waals surface area contributed by atoms with E-state index in [9.17, 15) is 13.2 Å². The van der Waals surface area contributed by atoms with Crippen LogP contribution in [-0.4, -0.2) is 31.5 Å². The first kappa shape index (κ1) is 29.3. The van der Waals surface area contributed by atoms with Crippen LogP contribution < -0.4 is 0 Å². The van der Waals surface area contributed by atoms with Gasteiger partial charge < -0.3 is 13.9 Å². The second-order valence-electron chi connectivity index (χ2n) is 14.6. The van der Waals surface area contributed by atoms with Crippen molar-refractivity contribution in [3.8, 4) is 0 Å². The third-order valence-electron chi connectivity index (χ3n) is 10.4. The van der Waals surface area contributed by atoms with Crippen LogP contribution >= 0.6 is 0 Å². The van der Waals surface area contributed by atoms with Crippen molar-refractivity contribution in [2.75, 3.05) is 13.2 Å². The van der Waals surface area contributed by atoms with E-state index in [0.717, 1.165) is 35.9 Å². The highest BCUT2D eigenvalue weighted by Gasteiger charge is 2.56. The van der Waals surface area contributed by atoms with Crippen molar-refractivity contribution in [2.45, 2.75) is 121 Å². The molecule has 2 unspecified atom stereocenters. The fourth-order valence-electron chi connectivity index (χ4n) is 6.85. The Labute approximate surface area is 242 Å². The van der Waals surface area contributed by atoms with Crippen molar-refractivity contribution < 1.29 is 27.1 Å². The maximum absolute atomic E-state index is 13.4. The Bertz CT molecular complexity index is 1320. The van der Waals surface area contributed by atoms with Gasteiger partial charge in [-0.1, -0.05) is 40.7 Å². The number of alkyl halides is 3. The van der Waals surface area contributed by atoms with E-state index in [-0.39, 0.29) is 22.5 Å². The molecule has 6 rings (SSSR count). The number of ether oxygens (including phenoxy) is 2. The van der Waals surface area contributed by atoms with Gasteiger partial charge in [-0.3, -0.25) is 9.97 Å². The SMILES string of the molecule is CC(C)c1nc2c(c3c1C(c1ccc(C(F)(F)F)nc1)OC31CCOCC1)C(O[Si](C)(C)C(C)(C)C)CC1(CC1)C2. The first-order chi connectivity index (χ1) is 19.1. The van der Waals surface area contributed by atoms with Gasteiger partial charge in [0.25, 0.3) is 0 Å². The highest BCUT2D eigenvalue weighted by Crippen LogP contribution is 2.63. The molecule has 2 aliphatic heterocycles. The van der Waals surface area contributed by atoms with Gasteiger partial charge in [0.2, 0.25) is 0 Å². The summed E-state index contributed by atoms with van der Waals surface area (Å²) in [6, 6.07) is 2.59. The zero-order valence-electron chi connectivity index (χ0n) is 25.4. The molecule has 1 saturated carbocycles. The lowest BCUT2D eigenvalue weighted by atomic mass is 9.73. The molecule has 0 bridgehead atoms. The maximum Gasteiger partial charge on any atom is 0.433 e. The fourth-order valence-corrected chi connectivity index (χ4v) is 8.12. The predicted molar refractivity (Wildman–Crippen MR) is 153 cm³/mol. The molecule has 0 N–H and O–H groups in total. The van der Waals surface area contributed by atoms with E-state index >= 15 is 0 Å². The molecule has 2 spiro atoms. The first-order valence-electron chi connectivity index (χ1n) is 15.1. The Balaban J connectivity index is 1.57. The van der Waals surface area contributed by atoms with Crippen LogP contribution in [0.1, 0.15) is 124 Å². The molecular formula is C32H43F3N2O3Si. The van der Waals surface area contributed by atoms with E-state index in [1.165, 1.54) is 36.2 Å². The van der Waals surface area contributed by atoms with Crippen LogP contribution in [-0.2, 0) is 32.1 Å². The van der Waals surface area contributed by atoms with Gasteiger partial charge in [-0.05, 0) is 66.8 Å². The van der Waals surface area contributed by atoms with E-state index in [1.807, 2.05) is 0 Å². The second-order valence-corrected chi connectivity index (χ2v) is 19.4. The minimum Gasteiger partial charge on any atom is -0.410 e.